The third-order valence-electron chi connectivity index (χ3n) is 1.93. The maximum absolute atomic E-state index is 11.5. The van der Waals surface area contributed by atoms with Gasteiger partial charge in [-0.25, -0.2) is 0 Å². The van der Waals surface area contributed by atoms with Crippen molar-refractivity contribution in [2.75, 3.05) is 13.1 Å². The van der Waals surface area contributed by atoms with E-state index in [2.05, 4.69) is 18.6 Å². The number of hydrogen-bond donors (Lipinski definition) is 1. The largest absolute Gasteiger partial charge is 0.279 e. The molecule has 1 heterocycles. The molecule has 0 bridgehead atoms. The minimum atomic E-state index is -3.21. The van der Waals surface area contributed by atoms with Crippen molar-refractivity contribution in [1.82, 2.24) is 9.03 Å². The van der Waals surface area contributed by atoms with Gasteiger partial charge >= 0.3 is 0 Å². The van der Waals surface area contributed by atoms with Crippen molar-refractivity contribution in [2.45, 2.75) is 33.7 Å². The monoisotopic (exact) mass is 206 g/mol. The lowest BCUT2D eigenvalue weighted by Gasteiger charge is -2.44. The molecule has 0 aliphatic carbocycles. The number of nitrogens with one attached hydrogen (secondary N) is 1. The first kappa shape index (κ1) is 10.9. The molecule has 0 aromatic carbocycles. The highest BCUT2D eigenvalue weighted by molar-refractivity contribution is 7.87. The minimum absolute atomic E-state index is 0.0336. The summed E-state index contributed by atoms with van der Waals surface area (Å²) in [4.78, 5) is 0. The van der Waals surface area contributed by atoms with E-state index in [-0.39, 0.29) is 11.5 Å². The first-order chi connectivity index (χ1) is 5.73. The van der Waals surface area contributed by atoms with Crippen molar-refractivity contribution in [3.8, 4) is 0 Å². The Labute approximate surface area is 80.5 Å². The lowest BCUT2D eigenvalue weighted by Crippen LogP contribution is -2.59. The first-order valence-electron chi connectivity index (χ1n) is 4.50. The summed E-state index contributed by atoms with van der Waals surface area (Å²) in [5, 5.41) is 0. The standard InChI is InChI=1S/C8H18N2O2S/c1-7(2)9-13(11,12)10-5-8(3,4)6-10/h7,9H,5-6H2,1-4H3. The molecule has 0 unspecified atom stereocenters. The number of hydrogen-bond acceptors (Lipinski definition) is 2. The average Bonchev–Trinajstić information content (AvgIpc) is 1.79. The molecule has 0 atom stereocenters. The van der Waals surface area contributed by atoms with Crippen molar-refractivity contribution in [2.24, 2.45) is 5.41 Å². The molecule has 0 radical (unpaired) electrons. The second kappa shape index (κ2) is 3.22. The third kappa shape index (κ3) is 2.65. The van der Waals surface area contributed by atoms with E-state index in [4.69, 9.17) is 0 Å². The molecule has 5 heteroatoms. The Morgan fingerprint density at radius 2 is 1.77 bits per heavy atom. The topological polar surface area (TPSA) is 49.4 Å². The van der Waals surface area contributed by atoms with E-state index in [1.54, 1.807) is 0 Å². The van der Waals surface area contributed by atoms with Crippen molar-refractivity contribution in [3.63, 3.8) is 0 Å². The molecule has 1 saturated heterocycles. The molecule has 1 aliphatic heterocycles. The van der Waals surface area contributed by atoms with E-state index in [1.807, 2.05) is 13.8 Å². The predicted octanol–water partition coefficient (Wildman–Crippen LogP) is 0.571. The van der Waals surface area contributed by atoms with E-state index >= 15 is 0 Å². The minimum Gasteiger partial charge on any atom is -0.200 e. The zero-order valence-corrected chi connectivity index (χ0v) is 9.48. The van der Waals surface area contributed by atoms with Gasteiger partial charge in [0.2, 0.25) is 0 Å². The molecular weight excluding hydrogens is 188 g/mol. The lowest BCUT2D eigenvalue weighted by molar-refractivity contribution is 0.109. The van der Waals surface area contributed by atoms with Crippen LogP contribution in [0.5, 0.6) is 0 Å². The van der Waals surface area contributed by atoms with Crippen LogP contribution in [-0.4, -0.2) is 31.9 Å². The van der Waals surface area contributed by atoms with Crippen LogP contribution in [0.1, 0.15) is 27.7 Å². The molecule has 13 heavy (non-hydrogen) atoms. The first-order valence-corrected chi connectivity index (χ1v) is 5.94. The van der Waals surface area contributed by atoms with Crippen LogP contribution in [0.25, 0.3) is 0 Å². The summed E-state index contributed by atoms with van der Waals surface area (Å²) in [6.07, 6.45) is 0. The summed E-state index contributed by atoms with van der Waals surface area (Å²) in [7, 11) is -3.21. The average molecular weight is 206 g/mol. The second-order valence-electron chi connectivity index (χ2n) is 4.71. The molecule has 0 amide bonds. The summed E-state index contributed by atoms with van der Waals surface area (Å²) < 4.78 is 27.1. The maximum atomic E-state index is 11.5. The highest BCUT2D eigenvalue weighted by atomic mass is 32.2. The van der Waals surface area contributed by atoms with Crippen LogP contribution in [-0.2, 0) is 10.2 Å². The van der Waals surface area contributed by atoms with Gasteiger partial charge in [-0.3, -0.25) is 0 Å². The van der Waals surface area contributed by atoms with Gasteiger partial charge in [0.15, 0.2) is 0 Å². The molecular formula is C8H18N2O2S. The van der Waals surface area contributed by atoms with Crippen LogP contribution in [0.3, 0.4) is 0 Å². The smallest absolute Gasteiger partial charge is 0.200 e. The van der Waals surface area contributed by atoms with Crippen LogP contribution >= 0.6 is 0 Å². The van der Waals surface area contributed by atoms with Gasteiger partial charge in [0.1, 0.15) is 0 Å². The summed E-state index contributed by atoms with van der Waals surface area (Å²) in [5.41, 5.74) is 0.145. The third-order valence-corrected chi connectivity index (χ3v) is 3.64. The summed E-state index contributed by atoms with van der Waals surface area (Å²) in [5.74, 6) is 0. The SMILES string of the molecule is CC(C)NS(=O)(=O)N1CC(C)(C)C1. The van der Waals surface area contributed by atoms with Crippen LogP contribution in [0.15, 0.2) is 0 Å². The molecule has 0 aromatic heterocycles. The van der Waals surface area contributed by atoms with Gasteiger partial charge in [0.25, 0.3) is 10.2 Å². The van der Waals surface area contributed by atoms with E-state index < -0.39 is 10.2 Å². The predicted molar refractivity (Wildman–Crippen MR) is 52.5 cm³/mol. The Hall–Kier alpha value is -0.130. The van der Waals surface area contributed by atoms with Crippen LogP contribution in [0, 0.1) is 5.41 Å². The highest BCUT2D eigenvalue weighted by Gasteiger charge is 2.41. The summed E-state index contributed by atoms with van der Waals surface area (Å²) in [6.45, 7) is 9.01. The Kier molecular flexibility index (Phi) is 2.71. The number of rotatable bonds is 3. The fourth-order valence-corrected chi connectivity index (χ4v) is 3.23. The number of nitrogens with zero attached hydrogens (tertiary/aromatic N) is 1. The molecule has 0 spiro atoms. The van der Waals surface area contributed by atoms with Gasteiger partial charge in [-0.1, -0.05) is 13.8 Å². The van der Waals surface area contributed by atoms with Crippen molar-refractivity contribution in [3.05, 3.63) is 0 Å². The Bertz CT molecular complexity index is 275. The molecule has 0 saturated carbocycles. The lowest BCUT2D eigenvalue weighted by atomic mass is 9.87. The second-order valence-corrected chi connectivity index (χ2v) is 6.41. The van der Waals surface area contributed by atoms with Gasteiger partial charge in [0.05, 0.1) is 0 Å². The summed E-state index contributed by atoms with van der Waals surface area (Å²) in [6, 6.07) is -0.0336. The van der Waals surface area contributed by atoms with Crippen LogP contribution in [0.4, 0.5) is 0 Å². The molecule has 4 nitrogen and oxygen atoms in total. The molecule has 78 valence electrons. The highest BCUT2D eigenvalue weighted by Crippen LogP contribution is 2.30. The van der Waals surface area contributed by atoms with Crippen LogP contribution < -0.4 is 4.72 Å². The summed E-state index contributed by atoms with van der Waals surface area (Å²) >= 11 is 0. The Morgan fingerprint density at radius 3 is 2.08 bits per heavy atom. The zero-order chi connectivity index (χ0) is 10.3. The van der Waals surface area contributed by atoms with Gasteiger partial charge in [-0.2, -0.15) is 17.4 Å². The maximum Gasteiger partial charge on any atom is 0.279 e. The fraction of sp³-hybridized carbons (Fsp3) is 1.00. The fourth-order valence-electron chi connectivity index (χ4n) is 1.45. The normalized spacial score (nSPS) is 23.2. The van der Waals surface area contributed by atoms with E-state index in [0.29, 0.717) is 13.1 Å². The molecule has 1 aliphatic rings. The van der Waals surface area contributed by atoms with Crippen molar-refractivity contribution < 1.29 is 8.42 Å². The van der Waals surface area contributed by atoms with Crippen LogP contribution in [0.2, 0.25) is 0 Å². The Morgan fingerprint density at radius 1 is 1.31 bits per heavy atom. The molecule has 1 N–H and O–H groups in total. The van der Waals surface area contributed by atoms with E-state index in [0.717, 1.165) is 0 Å². The van der Waals surface area contributed by atoms with Gasteiger partial charge in [0, 0.05) is 19.1 Å². The molecule has 0 aromatic rings. The van der Waals surface area contributed by atoms with Gasteiger partial charge in [-0.05, 0) is 19.3 Å². The quantitative estimate of drug-likeness (QED) is 0.734. The van der Waals surface area contributed by atoms with E-state index in [1.165, 1.54) is 4.31 Å². The van der Waals surface area contributed by atoms with Crippen molar-refractivity contribution in [1.29, 1.82) is 0 Å². The van der Waals surface area contributed by atoms with Gasteiger partial charge in [-0.15, -0.1) is 0 Å². The van der Waals surface area contributed by atoms with Gasteiger partial charge < -0.3 is 0 Å². The van der Waals surface area contributed by atoms with E-state index in [9.17, 15) is 8.42 Å². The Balaban J connectivity index is 2.55. The molecule has 1 rings (SSSR count). The molecule has 1 fully saturated rings. The van der Waals surface area contributed by atoms with Crippen molar-refractivity contribution >= 4 is 10.2 Å². The zero-order valence-electron chi connectivity index (χ0n) is 8.66.